The number of phenols is 1. The summed E-state index contributed by atoms with van der Waals surface area (Å²) in [7, 11) is 1.51. The van der Waals surface area contributed by atoms with Gasteiger partial charge in [0, 0.05) is 39.6 Å². The molecule has 1 heterocycles. The molecule has 1 aliphatic heterocycles. The molecule has 5 nitrogen and oxygen atoms in total. The minimum atomic E-state index is -0.0264. The zero-order chi connectivity index (χ0) is 15.4. The van der Waals surface area contributed by atoms with Gasteiger partial charge in [0.05, 0.1) is 12.1 Å². The molecule has 1 saturated heterocycles. The lowest BCUT2D eigenvalue weighted by Crippen LogP contribution is -2.33. The summed E-state index contributed by atoms with van der Waals surface area (Å²) in [5.74, 6) is 0.491. The van der Waals surface area contributed by atoms with Crippen molar-refractivity contribution < 1.29 is 14.6 Å². The van der Waals surface area contributed by atoms with Crippen LogP contribution in [0.25, 0.3) is 0 Å². The largest absolute Gasteiger partial charge is 0.503 e. The Morgan fingerprint density at radius 3 is 2.76 bits per heavy atom. The van der Waals surface area contributed by atoms with Gasteiger partial charge < -0.3 is 14.7 Å². The average molecular weight is 313 g/mol. The van der Waals surface area contributed by atoms with Gasteiger partial charge in [0.1, 0.15) is 0 Å². The Hall–Kier alpha value is -1.46. The molecular weight excluding hydrogens is 292 g/mol. The second-order valence-corrected chi connectivity index (χ2v) is 5.67. The van der Waals surface area contributed by atoms with Crippen LogP contribution in [0.3, 0.4) is 0 Å². The van der Waals surface area contributed by atoms with E-state index in [4.69, 9.17) is 16.3 Å². The van der Waals surface area contributed by atoms with Gasteiger partial charge in [-0.3, -0.25) is 9.69 Å². The molecule has 0 aliphatic carbocycles. The van der Waals surface area contributed by atoms with Gasteiger partial charge >= 0.3 is 0 Å². The molecule has 0 radical (unpaired) electrons. The van der Waals surface area contributed by atoms with Gasteiger partial charge in [0.2, 0.25) is 5.91 Å². The molecule has 1 amide bonds. The highest BCUT2D eigenvalue weighted by Gasteiger charge is 2.17. The number of carbonyl (C=O) groups is 1. The third-order valence-electron chi connectivity index (χ3n) is 3.75. The fraction of sp³-hybridized carbons (Fsp3) is 0.533. The number of carbonyl (C=O) groups excluding carboxylic acids is 1. The fourth-order valence-electron chi connectivity index (χ4n) is 2.58. The van der Waals surface area contributed by atoms with Gasteiger partial charge in [-0.2, -0.15) is 0 Å². The molecule has 0 unspecified atom stereocenters. The summed E-state index contributed by atoms with van der Waals surface area (Å²) in [6.45, 7) is 5.66. The van der Waals surface area contributed by atoms with Crippen molar-refractivity contribution >= 4 is 17.5 Å². The van der Waals surface area contributed by atoms with E-state index in [0.717, 1.165) is 44.7 Å². The maximum Gasteiger partial charge on any atom is 0.219 e. The molecule has 0 saturated carbocycles. The molecular formula is C15H21ClN2O3. The van der Waals surface area contributed by atoms with Crippen LogP contribution in [0, 0.1) is 0 Å². The number of benzene rings is 1. The number of hydrogen-bond acceptors (Lipinski definition) is 4. The van der Waals surface area contributed by atoms with E-state index in [2.05, 4.69) is 4.90 Å². The number of nitrogens with zero attached hydrogens (tertiary/aromatic N) is 2. The van der Waals surface area contributed by atoms with E-state index < -0.39 is 0 Å². The predicted molar refractivity (Wildman–Crippen MR) is 81.8 cm³/mol. The minimum absolute atomic E-state index is 0.0264. The Morgan fingerprint density at radius 2 is 2.10 bits per heavy atom. The third-order valence-corrected chi connectivity index (χ3v) is 4.04. The minimum Gasteiger partial charge on any atom is -0.503 e. The van der Waals surface area contributed by atoms with Crippen LogP contribution in [0.2, 0.25) is 5.02 Å². The highest BCUT2D eigenvalue weighted by Crippen LogP contribution is 2.35. The topological polar surface area (TPSA) is 53.0 Å². The monoisotopic (exact) mass is 312 g/mol. The molecule has 1 N–H and O–H groups in total. The molecule has 0 spiro atoms. The van der Waals surface area contributed by atoms with E-state index in [0.29, 0.717) is 10.8 Å². The fourth-order valence-corrected chi connectivity index (χ4v) is 2.81. The van der Waals surface area contributed by atoms with Crippen LogP contribution in [0.15, 0.2) is 12.1 Å². The van der Waals surface area contributed by atoms with E-state index in [1.165, 1.54) is 7.11 Å². The number of aromatic hydroxyl groups is 1. The van der Waals surface area contributed by atoms with Crippen molar-refractivity contribution in [1.29, 1.82) is 0 Å². The second kappa shape index (κ2) is 7.00. The van der Waals surface area contributed by atoms with Crippen molar-refractivity contribution in [2.24, 2.45) is 0 Å². The Bertz CT molecular complexity index is 522. The van der Waals surface area contributed by atoms with E-state index >= 15 is 0 Å². The third kappa shape index (κ3) is 4.02. The SMILES string of the molecule is COc1cc(CN2CCCN(C(C)=O)CC2)cc(Cl)c1O. The first-order valence-electron chi connectivity index (χ1n) is 7.04. The van der Waals surface area contributed by atoms with E-state index in [-0.39, 0.29) is 11.7 Å². The number of ether oxygens (including phenoxy) is 1. The Balaban J connectivity index is 2.05. The van der Waals surface area contributed by atoms with E-state index in [9.17, 15) is 9.90 Å². The van der Waals surface area contributed by atoms with Gasteiger partial charge in [0.25, 0.3) is 0 Å². The summed E-state index contributed by atoms with van der Waals surface area (Å²) >= 11 is 6.01. The quantitative estimate of drug-likeness (QED) is 0.929. The molecule has 1 aromatic rings. The Morgan fingerprint density at radius 1 is 1.33 bits per heavy atom. The van der Waals surface area contributed by atoms with Crippen molar-refractivity contribution in [3.63, 3.8) is 0 Å². The Labute approximate surface area is 130 Å². The molecule has 0 atom stereocenters. The molecule has 0 aromatic heterocycles. The summed E-state index contributed by atoms with van der Waals surface area (Å²) in [4.78, 5) is 15.6. The lowest BCUT2D eigenvalue weighted by molar-refractivity contribution is -0.128. The summed E-state index contributed by atoms with van der Waals surface area (Å²) < 4.78 is 5.12. The maximum atomic E-state index is 11.4. The summed E-state index contributed by atoms with van der Waals surface area (Å²) in [5, 5.41) is 10.0. The molecule has 1 fully saturated rings. The van der Waals surface area contributed by atoms with E-state index in [1.807, 2.05) is 4.90 Å². The lowest BCUT2D eigenvalue weighted by Gasteiger charge is -2.21. The molecule has 2 rings (SSSR count). The molecule has 0 bridgehead atoms. The van der Waals surface area contributed by atoms with Crippen molar-refractivity contribution in [3.05, 3.63) is 22.7 Å². The normalized spacial score (nSPS) is 16.6. The number of amides is 1. The van der Waals surface area contributed by atoms with Crippen LogP contribution >= 0.6 is 11.6 Å². The van der Waals surface area contributed by atoms with Crippen LogP contribution in [0.4, 0.5) is 0 Å². The van der Waals surface area contributed by atoms with Crippen LogP contribution < -0.4 is 4.74 Å². The van der Waals surface area contributed by atoms with Crippen LogP contribution in [-0.4, -0.2) is 54.1 Å². The first kappa shape index (κ1) is 15.9. The molecule has 1 aliphatic rings. The van der Waals surface area contributed by atoms with Crippen molar-refractivity contribution in [3.8, 4) is 11.5 Å². The zero-order valence-corrected chi connectivity index (χ0v) is 13.2. The molecule has 21 heavy (non-hydrogen) atoms. The lowest BCUT2D eigenvalue weighted by atomic mass is 10.2. The number of hydrogen-bond donors (Lipinski definition) is 1. The van der Waals surface area contributed by atoms with Gasteiger partial charge in [-0.1, -0.05) is 11.6 Å². The Kier molecular flexibility index (Phi) is 5.31. The standard InChI is InChI=1S/C15H21ClN2O3/c1-11(19)18-5-3-4-17(6-7-18)10-12-8-13(16)15(20)14(9-12)21-2/h8-9,20H,3-7,10H2,1-2H3. The van der Waals surface area contributed by atoms with Crippen LogP contribution in [-0.2, 0) is 11.3 Å². The van der Waals surface area contributed by atoms with Crippen molar-refractivity contribution in [1.82, 2.24) is 9.80 Å². The van der Waals surface area contributed by atoms with E-state index in [1.54, 1.807) is 19.1 Å². The average Bonchev–Trinajstić information content (AvgIpc) is 2.68. The van der Waals surface area contributed by atoms with Crippen molar-refractivity contribution in [2.75, 3.05) is 33.3 Å². The number of rotatable bonds is 3. The van der Waals surface area contributed by atoms with Gasteiger partial charge in [-0.05, 0) is 24.1 Å². The first-order chi connectivity index (χ1) is 10.0. The van der Waals surface area contributed by atoms with Crippen molar-refractivity contribution in [2.45, 2.75) is 19.9 Å². The van der Waals surface area contributed by atoms with Gasteiger partial charge in [-0.15, -0.1) is 0 Å². The predicted octanol–water partition coefficient (Wildman–Crippen LogP) is 2.11. The zero-order valence-electron chi connectivity index (χ0n) is 12.4. The second-order valence-electron chi connectivity index (χ2n) is 5.26. The van der Waals surface area contributed by atoms with Gasteiger partial charge in [0.15, 0.2) is 11.5 Å². The molecule has 116 valence electrons. The molecule has 1 aromatic carbocycles. The summed E-state index contributed by atoms with van der Waals surface area (Å²) in [6, 6.07) is 3.56. The summed E-state index contributed by atoms with van der Waals surface area (Å²) in [5.41, 5.74) is 0.992. The maximum absolute atomic E-state index is 11.4. The first-order valence-corrected chi connectivity index (χ1v) is 7.42. The number of methoxy groups -OCH3 is 1. The number of halogens is 1. The smallest absolute Gasteiger partial charge is 0.219 e. The highest BCUT2D eigenvalue weighted by atomic mass is 35.5. The summed E-state index contributed by atoms with van der Waals surface area (Å²) in [6.07, 6.45) is 0.961. The number of phenolic OH excluding ortho intramolecular Hbond substituents is 1. The van der Waals surface area contributed by atoms with Crippen LogP contribution in [0.5, 0.6) is 11.5 Å². The van der Waals surface area contributed by atoms with Crippen LogP contribution in [0.1, 0.15) is 18.9 Å². The van der Waals surface area contributed by atoms with Gasteiger partial charge in [-0.25, -0.2) is 0 Å². The molecule has 6 heteroatoms. The highest BCUT2D eigenvalue weighted by molar-refractivity contribution is 6.32.